The molecule has 1 aromatic heterocycles. The molecule has 1 N–H and O–H groups in total. The fourth-order valence-electron chi connectivity index (χ4n) is 1.89. The molecule has 2 atom stereocenters. The van der Waals surface area contributed by atoms with Crippen LogP contribution in [0, 0.1) is 5.92 Å². The van der Waals surface area contributed by atoms with E-state index in [9.17, 15) is 5.11 Å². The Hall–Kier alpha value is -0.680. The molecule has 1 saturated heterocycles. The first-order valence-electron chi connectivity index (χ1n) is 5.07. The molecule has 82 valence electrons. The van der Waals surface area contributed by atoms with Gasteiger partial charge in [-0.1, -0.05) is 0 Å². The molecule has 0 spiro atoms. The molecule has 1 fully saturated rings. The molecule has 0 aromatic carbocycles. The Morgan fingerprint density at radius 1 is 1.60 bits per heavy atom. The minimum atomic E-state index is -0.236. The van der Waals surface area contributed by atoms with E-state index >= 15 is 0 Å². The van der Waals surface area contributed by atoms with Gasteiger partial charge in [-0.25, -0.2) is 9.97 Å². The number of hydrogen-bond acceptors (Lipinski definition) is 4. The van der Waals surface area contributed by atoms with E-state index in [2.05, 4.69) is 30.8 Å². The average molecular weight is 272 g/mol. The van der Waals surface area contributed by atoms with Gasteiger partial charge in [0, 0.05) is 25.1 Å². The molecule has 2 heterocycles. The fourth-order valence-corrected chi connectivity index (χ4v) is 2.18. The van der Waals surface area contributed by atoms with Crippen LogP contribution in [-0.2, 0) is 0 Å². The average Bonchev–Trinajstić information content (AvgIpc) is 2.66. The monoisotopic (exact) mass is 271 g/mol. The number of anilines is 1. The maximum atomic E-state index is 9.50. The standard InChI is InChI=1S/C10H14BrN3O/c1-7(15)8-2-3-14(5-8)10-4-9(11)12-6-13-10/h4,6-8,15H,2-3,5H2,1H3. The van der Waals surface area contributed by atoms with Gasteiger partial charge < -0.3 is 10.0 Å². The summed E-state index contributed by atoms with van der Waals surface area (Å²) in [7, 11) is 0. The number of halogens is 1. The van der Waals surface area contributed by atoms with Gasteiger partial charge in [0.15, 0.2) is 0 Å². The molecular formula is C10H14BrN3O. The molecule has 1 aliphatic rings. The van der Waals surface area contributed by atoms with Crippen molar-refractivity contribution in [1.29, 1.82) is 0 Å². The zero-order chi connectivity index (χ0) is 10.8. The Kier molecular flexibility index (Phi) is 3.21. The largest absolute Gasteiger partial charge is 0.393 e. The van der Waals surface area contributed by atoms with Crippen molar-refractivity contribution in [3.05, 3.63) is 17.0 Å². The highest BCUT2D eigenvalue weighted by molar-refractivity contribution is 9.10. The van der Waals surface area contributed by atoms with Gasteiger partial charge in [-0.15, -0.1) is 0 Å². The molecule has 1 aromatic rings. The van der Waals surface area contributed by atoms with Crippen molar-refractivity contribution < 1.29 is 5.11 Å². The number of aliphatic hydroxyl groups excluding tert-OH is 1. The van der Waals surface area contributed by atoms with Gasteiger partial charge in [0.05, 0.1) is 6.10 Å². The van der Waals surface area contributed by atoms with Gasteiger partial charge in [-0.2, -0.15) is 0 Å². The van der Waals surface area contributed by atoms with Crippen molar-refractivity contribution in [1.82, 2.24) is 9.97 Å². The molecule has 0 radical (unpaired) electrons. The summed E-state index contributed by atoms with van der Waals surface area (Å²) in [4.78, 5) is 10.4. The lowest BCUT2D eigenvalue weighted by atomic mass is 10.0. The number of aromatic nitrogens is 2. The summed E-state index contributed by atoms with van der Waals surface area (Å²) in [6, 6.07) is 1.91. The number of rotatable bonds is 2. The second-order valence-electron chi connectivity index (χ2n) is 3.93. The minimum Gasteiger partial charge on any atom is -0.393 e. The second-order valence-corrected chi connectivity index (χ2v) is 4.75. The predicted molar refractivity (Wildman–Crippen MR) is 61.7 cm³/mol. The Bertz CT molecular complexity index is 345. The lowest BCUT2D eigenvalue weighted by molar-refractivity contribution is 0.136. The zero-order valence-electron chi connectivity index (χ0n) is 8.60. The summed E-state index contributed by atoms with van der Waals surface area (Å²) in [5.41, 5.74) is 0. The van der Waals surface area contributed by atoms with E-state index in [4.69, 9.17) is 0 Å². The molecule has 2 rings (SSSR count). The normalized spacial score (nSPS) is 23.1. The fraction of sp³-hybridized carbons (Fsp3) is 0.600. The Morgan fingerprint density at radius 3 is 3.00 bits per heavy atom. The van der Waals surface area contributed by atoms with Gasteiger partial charge in [0.2, 0.25) is 0 Å². The van der Waals surface area contributed by atoms with Crippen LogP contribution in [0.2, 0.25) is 0 Å². The van der Waals surface area contributed by atoms with Gasteiger partial charge >= 0.3 is 0 Å². The summed E-state index contributed by atoms with van der Waals surface area (Å²) in [5.74, 6) is 1.29. The van der Waals surface area contributed by atoms with E-state index in [-0.39, 0.29) is 6.10 Å². The van der Waals surface area contributed by atoms with E-state index in [1.54, 1.807) is 6.33 Å². The Labute approximate surface area is 97.5 Å². The zero-order valence-corrected chi connectivity index (χ0v) is 10.2. The van der Waals surface area contributed by atoms with Gasteiger partial charge in [-0.05, 0) is 29.3 Å². The van der Waals surface area contributed by atoms with Gasteiger partial charge in [0.25, 0.3) is 0 Å². The van der Waals surface area contributed by atoms with Crippen molar-refractivity contribution >= 4 is 21.7 Å². The van der Waals surface area contributed by atoms with E-state index < -0.39 is 0 Å². The lowest BCUT2D eigenvalue weighted by Gasteiger charge is -2.18. The first-order valence-corrected chi connectivity index (χ1v) is 5.86. The molecule has 4 nitrogen and oxygen atoms in total. The van der Waals surface area contributed by atoms with Crippen molar-refractivity contribution in [3.63, 3.8) is 0 Å². The Morgan fingerprint density at radius 2 is 2.40 bits per heavy atom. The molecule has 5 heteroatoms. The van der Waals surface area contributed by atoms with E-state index in [0.717, 1.165) is 29.9 Å². The van der Waals surface area contributed by atoms with Gasteiger partial charge in [-0.3, -0.25) is 0 Å². The van der Waals surface area contributed by atoms with Crippen molar-refractivity contribution in [2.75, 3.05) is 18.0 Å². The number of hydrogen-bond donors (Lipinski definition) is 1. The molecule has 1 aliphatic heterocycles. The van der Waals surface area contributed by atoms with Crippen molar-refractivity contribution in [2.45, 2.75) is 19.4 Å². The predicted octanol–water partition coefficient (Wildman–Crippen LogP) is 1.45. The van der Waals surface area contributed by atoms with Crippen LogP contribution >= 0.6 is 15.9 Å². The van der Waals surface area contributed by atoms with Crippen LogP contribution in [0.25, 0.3) is 0 Å². The quantitative estimate of drug-likeness (QED) is 0.828. The van der Waals surface area contributed by atoms with Crippen LogP contribution in [0.15, 0.2) is 17.0 Å². The Balaban J connectivity index is 2.08. The molecule has 0 aliphatic carbocycles. The second kappa shape index (κ2) is 4.45. The maximum Gasteiger partial charge on any atom is 0.133 e. The van der Waals surface area contributed by atoms with Crippen LogP contribution in [0.3, 0.4) is 0 Å². The van der Waals surface area contributed by atoms with Crippen LogP contribution in [-0.4, -0.2) is 34.3 Å². The summed E-state index contributed by atoms with van der Waals surface area (Å²) in [6.07, 6.45) is 2.34. The summed E-state index contributed by atoms with van der Waals surface area (Å²) < 4.78 is 0.799. The molecular weight excluding hydrogens is 258 g/mol. The van der Waals surface area contributed by atoms with E-state index in [1.165, 1.54) is 0 Å². The third-order valence-electron chi connectivity index (χ3n) is 2.85. The van der Waals surface area contributed by atoms with Crippen LogP contribution < -0.4 is 4.90 Å². The highest BCUT2D eigenvalue weighted by Gasteiger charge is 2.26. The molecule has 15 heavy (non-hydrogen) atoms. The van der Waals surface area contributed by atoms with Crippen molar-refractivity contribution in [2.24, 2.45) is 5.92 Å². The number of nitrogens with zero attached hydrogens (tertiary/aromatic N) is 3. The highest BCUT2D eigenvalue weighted by Crippen LogP contribution is 2.25. The molecule has 0 amide bonds. The topological polar surface area (TPSA) is 49.2 Å². The SMILES string of the molecule is CC(O)C1CCN(c2cc(Br)ncn2)C1. The van der Waals surface area contributed by atoms with Crippen LogP contribution in [0.5, 0.6) is 0 Å². The summed E-state index contributed by atoms with van der Waals surface area (Å²) in [6.45, 7) is 3.68. The van der Waals surface area contributed by atoms with Crippen LogP contribution in [0.4, 0.5) is 5.82 Å². The van der Waals surface area contributed by atoms with Gasteiger partial charge in [0.1, 0.15) is 16.7 Å². The first-order chi connectivity index (χ1) is 7.16. The third-order valence-corrected chi connectivity index (χ3v) is 3.28. The maximum absolute atomic E-state index is 9.50. The molecule has 0 bridgehead atoms. The van der Waals surface area contributed by atoms with Crippen molar-refractivity contribution in [3.8, 4) is 0 Å². The summed E-state index contributed by atoms with van der Waals surface area (Å²) in [5, 5.41) is 9.50. The summed E-state index contributed by atoms with van der Waals surface area (Å²) >= 11 is 3.33. The number of aliphatic hydroxyl groups is 1. The first kappa shape index (κ1) is 10.8. The van der Waals surface area contributed by atoms with E-state index in [0.29, 0.717) is 5.92 Å². The minimum absolute atomic E-state index is 0.236. The third kappa shape index (κ3) is 2.46. The van der Waals surface area contributed by atoms with Crippen LogP contribution in [0.1, 0.15) is 13.3 Å². The smallest absolute Gasteiger partial charge is 0.133 e. The lowest BCUT2D eigenvalue weighted by Crippen LogP contribution is -2.24. The van der Waals surface area contributed by atoms with E-state index in [1.807, 2.05) is 13.0 Å². The molecule has 0 saturated carbocycles. The highest BCUT2D eigenvalue weighted by atomic mass is 79.9. The molecule has 2 unspecified atom stereocenters.